The van der Waals surface area contributed by atoms with Crippen molar-refractivity contribution >= 4 is 11.6 Å². The molecule has 0 saturated carbocycles. The van der Waals surface area contributed by atoms with Gasteiger partial charge in [-0.1, -0.05) is 0 Å². The number of alkyl halides is 3. The Morgan fingerprint density at radius 3 is 2.56 bits per heavy atom. The molecule has 0 atom stereocenters. The first-order valence-electron chi connectivity index (χ1n) is 4.27. The van der Waals surface area contributed by atoms with Crippen LogP contribution in [0.2, 0.25) is 0 Å². The smallest absolute Gasteiger partial charge is 0.249 e. The molecular formula is C10H6ClF2N3. The molecule has 0 saturated heterocycles. The lowest BCUT2D eigenvalue weighted by molar-refractivity contribution is 0.145. The average Bonchev–Trinajstić information content (AvgIpc) is 2.28. The van der Waals surface area contributed by atoms with E-state index in [1.165, 1.54) is 6.07 Å². The summed E-state index contributed by atoms with van der Waals surface area (Å²) in [6.45, 7) is 0. The summed E-state index contributed by atoms with van der Waals surface area (Å²) in [6.07, 6.45) is -2.83. The first-order chi connectivity index (χ1) is 7.63. The molecule has 0 aromatic carbocycles. The van der Waals surface area contributed by atoms with Gasteiger partial charge in [-0.25, -0.2) is 13.8 Å². The van der Waals surface area contributed by atoms with Gasteiger partial charge in [0.15, 0.2) is 0 Å². The van der Waals surface area contributed by atoms with E-state index in [1.807, 2.05) is 6.07 Å². The van der Waals surface area contributed by atoms with E-state index in [1.54, 1.807) is 6.07 Å². The molecule has 0 aliphatic carbocycles. The molecule has 16 heavy (non-hydrogen) atoms. The second-order valence-corrected chi connectivity index (χ2v) is 3.18. The van der Waals surface area contributed by atoms with Crippen molar-refractivity contribution in [3.63, 3.8) is 0 Å². The minimum atomic E-state index is -2.83. The molecule has 1 heterocycles. The number of halogens is 3. The minimum Gasteiger partial charge on any atom is -0.249 e. The van der Waals surface area contributed by atoms with Crippen molar-refractivity contribution in [1.82, 2.24) is 4.98 Å². The van der Waals surface area contributed by atoms with Crippen LogP contribution in [0.25, 0.3) is 0 Å². The van der Waals surface area contributed by atoms with Crippen molar-refractivity contribution in [2.75, 3.05) is 0 Å². The largest absolute Gasteiger partial charge is 0.281 e. The molecular weight excluding hydrogens is 236 g/mol. The summed E-state index contributed by atoms with van der Waals surface area (Å²) in [7, 11) is 0. The van der Waals surface area contributed by atoms with Gasteiger partial charge in [-0.2, -0.15) is 10.5 Å². The fraction of sp³-hybridized carbons (Fsp3) is 0.300. The van der Waals surface area contributed by atoms with E-state index in [2.05, 4.69) is 4.98 Å². The molecule has 1 aromatic heterocycles. The monoisotopic (exact) mass is 241 g/mol. The molecule has 1 rings (SSSR count). The molecule has 0 bridgehead atoms. The van der Waals surface area contributed by atoms with Crippen LogP contribution >= 0.6 is 11.6 Å². The zero-order valence-corrected chi connectivity index (χ0v) is 8.80. The lowest BCUT2D eigenvalue weighted by atomic mass is 10.1. The molecule has 0 fully saturated rings. The molecule has 0 spiro atoms. The van der Waals surface area contributed by atoms with E-state index in [0.29, 0.717) is 5.56 Å². The zero-order chi connectivity index (χ0) is 12.1. The molecule has 1 aromatic rings. The van der Waals surface area contributed by atoms with Crippen LogP contribution in [0.15, 0.2) is 6.07 Å². The minimum absolute atomic E-state index is 0.00670. The van der Waals surface area contributed by atoms with E-state index in [4.69, 9.17) is 22.1 Å². The maximum Gasteiger partial charge on any atom is 0.281 e. The van der Waals surface area contributed by atoms with E-state index < -0.39 is 12.1 Å². The standard InChI is InChI=1S/C10H6ClF2N3/c11-4-8-6(1-2-14)3-7(5-15)9(16-8)10(12)13/h3,10H,1,4H2. The first kappa shape index (κ1) is 12.4. The highest BCUT2D eigenvalue weighted by Crippen LogP contribution is 2.23. The topological polar surface area (TPSA) is 60.5 Å². The van der Waals surface area contributed by atoms with Gasteiger partial charge >= 0.3 is 0 Å². The second-order valence-electron chi connectivity index (χ2n) is 2.91. The van der Waals surface area contributed by atoms with Crippen molar-refractivity contribution in [3.8, 4) is 12.1 Å². The number of hydrogen-bond donors (Lipinski definition) is 0. The van der Waals surface area contributed by atoms with Gasteiger partial charge in [0, 0.05) is 0 Å². The average molecular weight is 242 g/mol. The molecule has 0 aliphatic rings. The van der Waals surface area contributed by atoms with Crippen LogP contribution in [-0.4, -0.2) is 4.98 Å². The van der Waals surface area contributed by atoms with Crippen molar-refractivity contribution in [3.05, 3.63) is 28.6 Å². The third kappa shape index (κ3) is 2.44. The maximum atomic E-state index is 12.5. The van der Waals surface area contributed by atoms with Crippen molar-refractivity contribution in [2.24, 2.45) is 0 Å². The van der Waals surface area contributed by atoms with Crippen LogP contribution in [0.3, 0.4) is 0 Å². The van der Waals surface area contributed by atoms with Gasteiger partial charge in [-0.05, 0) is 11.6 Å². The maximum absolute atomic E-state index is 12.5. The summed E-state index contributed by atoms with van der Waals surface area (Å²) < 4.78 is 25.1. The van der Waals surface area contributed by atoms with Crippen LogP contribution in [0.4, 0.5) is 8.78 Å². The quantitative estimate of drug-likeness (QED) is 0.765. The van der Waals surface area contributed by atoms with Gasteiger partial charge in [0.2, 0.25) is 0 Å². The van der Waals surface area contributed by atoms with Crippen molar-refractivity contribution in [2.45, 2.75) is 18.7 Å². The number of nitriles is 2. The predicted molar refractivity (Wildman–Crippen MR) is 52.8 cm³/mol. The van der Waals surface area contributed by atoms with E-state index >= 15 is 0 Å². The van der Waals surface area contributed by atoms with Crippen LogP contribution in [0, 0.1) is 22.7 Å². The van der Waals surface area contributed by atoms with Crippen molar-refractivity contribution < 1.29 is 8.78 Å². The van der Waals surface area contributed by atoms with Crippen molar-refractivity contribution in [1.29, 1.82) is 10.5 Å². The Balaban J connectivity index is 3.36. The Morgan fingerprint density at radius 1 is 1.44 bits per heavy atom. The highest BCUT2D eigenvalue weighted by atomic mass is 35.5. The van der Waals surface area contributed by atoms with Crippen LogP contribution in [0.1, 0.15) is 28.9 Å². The Bertz CT molecular complexity index is 474. The Labute approximate surface area is 95.9 Å². The van der Waals surface area contributed by atoms with Gasteiger partial charge in [0.05, 0.1) is 29.6 Å². The summed E-state index contributed by atoms with van der Waals surface area (Å²) >= 11 is 5.54. The summed E-state index contributed by atoms with van der Waals surface area (Å²) in [6, 6.07) is 4.74. The molecule has 0 radical (unpaired) electrons. The van der Waals surface area contributed by atoms with E-state index in [0.717, 1.165) is 0 Å². The molecule has 3 nitrogen and oxygen atoms in total. The molecule has 0 N–H and O–H groups in total. The molecule has 82 valence electrons. The fourth-order valence-electron chi connectivity index (χ4n) is 1.22. The van der Waals surface area contributed by atoms with Gasteiger partial charge in [0.1, 0.15) is 11.8 Å². The number of nitrogens with zero attached hydrogens (tertiary/aromatic N) is 3. The zero-order valence-electron chi connectivity index (χ0n) is 8.04. The number of hydrogen-bond acceptors (Lipinski definition) is 3. The summed E-state index contributed by atoms with van der Waals surface area (Å²) in [5.41, 5.74) is -0.162. The normalized spacial score (nSPS) is 9.88. The predicted octanol–water partition coefficient (Wildman–Crippen LogP) is 2.70. The Kier molecular flexibility index (Phi) is 4.16. The van der Waals surface area contributed by atoms with Gasteiger partial charge in [-0.3, -0.25) is 0 Å². The lowest BCUT2D eigenvalue weighted by Gasteiger charge is -2.08. The highest BCUT2D eigenvalue weighted by Gasteiger charge is 2.18. The van der Waals surface area contributed by atoms with E-state index in [9.17, 15) is 8.78 Å². The molecule has 0 amide bonds. The molecule has 0 unspecified atom stereocenters. The summed E-state index contributed by atoms with van der Waals surface area (Å²) in [5, 5.41) is 17.2. The highest BCUT2D eigenvalue weighted by molar-refractivity contribution is 6.17. The fourth-order valence-corrected chi connectivity index (χ4v) is 1.45. The number of pyridine rings is 1. The molecule has 0 aliphatic heterocycles. The summed E-state index contributed by atoms with van der Waals surface area (Å²) in [5.74, 6) is -0.0670. The lowest BCUT2D eigenvalue weighted by Crippen LogP contribution is -2.03. The van der Waals surface area contributed by atoms with Crippen LogP contribution < -0.4 is 0 Å². The third-order valence-electron chi connectivity index (χ3n) is 1.94. The number of aromatic nitrogens is 1. The van der Waals surface area contributed by atoms with Gasteiger partial charge in [0.25, 0.3) is 6.43 Å². The van der Waals surface area contributed by atoms with Crippen LogP contribution in [-0.2, 0) is 12.3 Å². The van der Waals surface area contributed by atoms with Gasteiger partial charge in [-0.15, -0.1) is 11.6 Å². The summed E-state index contributed by atoms with van der Waals surface area (Å²) in [4.78, 5) is 3.62. The second kappa shape index (κ2) is 5.39. The van der Waals surface area contributed by atoms with E-state index in [-0.39, 0.29) is 23.6 Å². The first-order valence-corrected chi connectivity index (χ1v) is 4.81. The van der Waals surface area contributed by atoms with Crippen LogP contribution in [0.5, 0.6) is 0 Å². The van der Waals surface area contributed by atoms with Gasteiger partial charge < -0.3 is 0 Å². The Hall–Kier alpha value is -1.72. The number of rotatable bonds is 3. The SMILES string of the molecule is N#CCc1cc(C#N)c(C(F)F)nc1CCl. The Morgan fingerprint density at radius 2 is 2.12 bits per heavy atom. The third-order valence-corrected chi connectivity index (χ3v) is 2.20. The molecule has 6 heteroatoms.